The number of unbranched alkanes of at least 4 members (excludes halogenated alkanes) is 1. The zero-order valence-corrected chi connectivity index (χ0v) is 12.0. The average Bonchev–Trinajstić information content (AvgIpc) is 2.56. The molecule has 4 nitrogen and oxygen atoms in total. The van der Waals surface area contributed by atoms with Gasteiger partial charge >= 0.3 is 0 Å². The molecule has 0 aromatic carbocycles. The minimum Gasteiger partial charge on any atom is -0.312 e. The summed E-state index contributed by atoms with van der Waals surface area (Å²) in [6.07, 6.45) is 1.47. The Balaban J connectivity index is 2.60. The Kier molecular flexibility index (Phi) is 5.87. The number of aryl methyl sites for hydroxylation is 2. The normalized spacial score (nSPS) is 10.9. The fourth-order valence-electron chi connectivity index (χ4n) is 2.00. The van der Waals surface area contributed by atoms with Gasteiger partial charge in [0.1, 0.15) is 0 Å². The van der Waals surface area contributed by atoms with Crippen LogP contribution in [0.4, 0.5) is 0 Å². The maximum absolute atomic E-state index is 8.55. The summed E-state index contributed by atoms with van der Waals surface area (Å²) in [6, 6.07) is 2.17. The van der Waals surface area contributed by atoms with E-state index in [4.69, 9.17) is 5.26 Å². The molecule has 0 bridgehead atoms. The summed E-state index contributed by atoms with van der Waals surface area (Å²) < 4.78 is 2.03. The van der Waals surface area contributed by atoms with Gasteiger partial charge in [-0.05, 0) is 32.7 Å². The molecule has 1 heterocycles. The molecule has 100 valence electrons. The molecule has 0 aliphatic rings. The quantitative estimate of drug-likeness (QED) is 0.754. The minimum absolute atomic E-state index is 0.597. The van der Waals surface area contributed by atoms with Gasteiger partial charge in [0.05, 0.1) is 11.8 Å². The number of nitrogens with zero attached hydrogens (tertiary/aromatic N) is 3. The maximum Gasteiger partial charge on any atom is 0.0641 e. The van der Waals surface area contributed by atoms with Crippen LogP contribution in [0.3, 0.4) is 0 Å². The van der Waals surface area contributed by atoms with Crippen LogP contribution < -0.4 is 5.32 Å². The predicted molar refractivity (Wildman–Crippen MR) is 73.1 cm³/mol. The van der Waals surface area contributed by atoms with E-state index in [-0.39, 0.29) is 0 Å². The van der Waals surface area contributed by atoms with Gasteiger partial charge in [-0.25, -0.2) is 0 Å². The predicted octanol–water partition coefficient (Wildman–Crippen LogP) is 2.55. The van der Waals surface area contributed by atoms with Crippen molar-refractivity contribution >= 4 is 0 Å². The van der Waals surface area contributed by atoms with E-state index < -0.39 is 0 Å². The zero-order chi connectivity index (χ0) is 13.5. The van der Waals surface area contributed by atoms with Gasteiger partial charge in [0.25, 0.3) is 0 Å². The Labute approximate surface area is 110 Å². The summed E-state index contributed by atoms with van der Waals surface area (Å²) in [6.45, 7) is 11.3. The van der Waals surface area contributed by atoms with Crippen molar-refractivity contribution in [1.29, 1.82) is 5.26 Å². The molecule has 0 aliphatic carbocycles. The molecule has 0 saturated heterocycles. The number of aromatic nitrogens is 2. The highest BCUT2D eigenvalue weighted by Gasteiger charge is 2.10. The van der Waals surface area contributed by atoms with E-state index in [1.54, 1.807) is 0 Å². The van der Waals surface area contributed by atoms with Gasteiger partial charge < -0.3 is 5.32 Å². The standard InChI is InChI=1S/C14H24N4/c1-11(2)9-16-10-14-12(3)17-18(13(14)4)8-6-5-7-15/h11,16H,5-6,8-10H2,1-4H3. The number of nitrogens with one attached hydrogen (secondary N) is 1. The molecule has 0 spiro atoms. The monoisotopic (exact) mass is 248 g/mol. The van der Waals surface area contributed by atoms with Crippen molar-refractivity contribution in [3.8, 4) is 6.07 Å². The fraction of sp³-hybridized carbons (Fsp3) is 0.714. The van der Waals surface area contributed by atoms with E-state index in [1.807, 2.05) is 4.68 Å². The van der Waals surface area contributed by atoms with Crippen LogP contribution >= 0.6 is 0 Å². The SMILES string of the molecule is Cc1nn(CCCC#N)c(C)c1CNCC(C)C. The van der Waals surface area contributed by atoms with Crippen LogP contribution in [0.1, 0.15) is 43.6 Å². The lowest BCUT2D eigenvalue weighted by molar-refractivity contribution is 0.547. The van der Waals surface area contributed by atoms with Crippen molar-refractivity contribution in [3.63, 3.8) is 0 Å². The summed E-state index contributed by atoms with van der Waals surface area (Å²) >= 11 is 0. The van der Waals surface area contributed by atoms with Crippen molar-refractivity contribution in [2.75, 3.05) is 6.54 Å². The minimum atomic E-state index is 0.597. The first kappa shape index (κ1) is 14.7. The highest BCUT2D eigenvalue weighted by atomic mass is 15.3. The molecular weight excluding hydrogens is 224 g/mol. The van der Waals surface area contributed by atoms with Gasteiger partial charge in [-0.1, -0.05) is 13.8 Å². The Morgan fingerprint density at radius 3 is 2.72 bits per heavy atom. The second-order valence-corrected chi connectivity index (χ2v) is 5.16. The lowest BCUT2D eigenvalue weighted by Gasteiger charge is -2.08. The molecule has 1 aromatic heterocycles. The van der Waals surface area contributed by atoms with Gasteiger partial charge in [-0.15, -0.1) is 0 Å². The molecular formula is C14H24N4. The van der Waals surface area contributed by atoms with Gasteiger partial charge in [0, 0.05) is 30.8 Å². The molecule has 1 aromatic rings. The zero-order valence-electron chi connectivity index (χ0n) is 12.0. The van der Waals surface area contributed by atoms with E-state index in [0.717, 1.165) is 31.7 Å². The van der Waals surface area contributed by atoms with Gasteiger partial charge in [0.15, 0.2) is 0 Å². The molecule has 4 heteroatoms. The van der Waals surface area contributed by atoms with Gasteiger partial charge in [-0.2, -0.15) is 10.4 Å². The second-order valence-electron chi connectivity index (χ2n) is 5.16. The van der Waals surface area contributed by atoms with Crippen LogP contribution in [0, 0.1) is 31.1 Å². The smallest absolute Gasteiger partial charge is 0.0641 e. The van der Waals surface area contributed by atoms with Crippen LogP contribution in [0.25, 0.3) is 0 Å². The summed E-state index contributed by atoms with van der Waals surface area (Å²) in [5, 5.41) is 16.6. The highest BCUT2D eigenvalue weighted by Crippen LogP contribution is 2.13. The van der Waals surface area contributed by atoms with Crippen LogP contribution in [-0.2, 0) is 13.1 Å². The second kappa shape index (κ2) is 7.17. The van der Waals surface area contributed by atoms with Crippen LogP contribution in [-0.4, -0.2) is 16.3 Å². The molecule has 18 heavy (non-hydrogen) atoms. The van der Waals surface area contributed by atoms with Crippen molar-refractivity contribution < 1.29 is 0 Å². The lowest BCUT2D eigenvalue weighted by atomic mass is 10.1. The molecule has 1 N–H and O–H groups in total. The molecule has 0 amide bonds. The van der Waals surface area contributed by atoms with Crippen molar-refractivity contribution in [3.05, 3.63) is 17.0 Å². The van der Waals surface area contributed by atoms with E-state index in [2.05, 4.69) is 44.2 Å². The largest absolute Gasteiger partial charge is 0.312 e. The third-order valence-electron chi connectivity index (χ3n) is 3.04. The van der Waals surface area contributed by atoms with E-state index in [9.17, 15) is 0 Å². The van der Waals surface area contributed by atoms with Crippen LogP contribution in [0.15, 0.2) is 0 Å². The Bertz CT molecular complexity index is 412. The van der Waals surface area contributed by atoms with E-state index >= 15 is 0 Å². The molecule has 0 radical (unpaired) electrons. The van der Waals surface area contributed by atoms with Crippen LogP contribution in [0.5, 0.6) is 0 Å². The Morgan fingerprint density at radius 1 is 1.39 bits per heavy atom. The summed E-state index contributed by atoms with van der Waals surface area (Å²) in [4.78, 5) is 0. The average molecular weight is 248 g/mol. The first-order valence-corrected chi connectivity index (χ1v) is 6.66. The van der Waals surface area contributed by atoms with Gasteiger partial charge in [-0.3, -0.25) is 4.68 Å². The lowest BCUT2D eigenvalue weighted by Crippen LogP contribution is -2.19. The highest BCUT2D eigenvalue weighted by molar-refractivity contribution is 5.24. The topological polar surface area (TPSA) is 53.6 Å². The molecule has 0 aliphatic heterocycles. The fourth-order valence-corrected chi connectivity index (χ4v) is 2.00. The third-order valence-corrected chi connectivity index (χ3v) is 3.04. The number of nitriles is 1. The first-order chi connectivity index (χ1) is 8.56. The maximum atomic E-state index is 8.55. The molecule has 0 fully saturated rings. The molecule has 0 unspecified atom stereocenters. The number of hydrogen-bond donors (Lipinski definition) is 1. The molecule has 0 atom stereocenters. The molecule has 1 rings (SSSR count). The van der Waals surface area contributed by atoms with Crippen LogP contribution in [0.2, 0.25) is 0 Å². The summed E-state index contributed by atoms with van der Waals surface area (Å²) in [7, 11) is 0. The van der Waals surface area contributed by atoms with Crippen molar-refractivity contribution in [1.82, 2.24) is 15.1 Å². The van der Waals surface area contributed by atoms with E-state index in [0.29, 0.717) is 12.3 Å². The van der Waals surface area contributed by atoms with Crippen molar-refractivity contribution in [2.45, 2.75) is 53.6 Å². The first-order valence-electron chi connectivity index (χ1n) is 6.66. The van der Waals surface area contributed by atoms with Gasteiger partial charge in [0.2, 0.25) is 0 Å². The number of rotatable bonds is 7. The molecule has 0 saturated carbocycles. The summed E-state index contributed by atoms with van der Waals surface area (Å²) in [5.41, 5.74) is 3.62. The van der Waals surface area contributed by atoms with Crippen molar-refractivity contribution in [2.24, 2.45) is 5.92 Å². The Morgan fingerprint density at radius 2 is 2.11 bits per heavy atom. The summed E-state index contributed by atoms with van der Waals surface area (Å²) in [5.74, 6) is 0.663. The Hall–Kier alpha value is -1.34. The third kappa shape index (κ3) is 4.15. The van der Waals surface area contributed by atoms with E-state index in [1.165, 1.54) is 11.3 Å². The number of hydrogen-bond acceptors (Lipinski definition) is 3.